The summed E-state index contributed by atoms with van der Waals surface area (Å²) < 4.78 is 5.16. The molecule has 0 aliphatic heterocycles. The average Bonchev–Trinajstić information content (AvgIpc) is 2.27. The van der Waals surface area contributed by atoms with Crippen LogP contribution >= 0.6 is 0 Å². The number of nitrogens with zero attached hydrogens (tertiary/aromatic N) is 1. The number of hydrogen-bond donors (Lipinski definition) is 1. The predicted octanol–water partition coefficient (Wildman–Crippen LogP) is 0.629. The van der Waals surface area contributed by atoms with Crippen molar-refractivity contribution in [1.29, 1.82) is 0 Å². The number of nitrogens with two attached hydrogens (primary N) is 1. The Balaban J connectivity index is 4.26. The van der Waals surface area contributed by atoms with Crippen LogP contribution in [0.1, 0.15) is 27.7 Å². The summed E-state index contributed by atoms with van der Waals surface area (Å²) in [5.41, 5.74) is 4.33. The Bertz CT molecular complexity index is 277. The molecule has 5 heteroatoms. The fraction of sp³-hybridized carbons (Fsp3) is 0.833. The minimum atomic E-state index is -0.878. The molecular weight excluding hydrogens is 220 g/mol. The van der Waals surface area contributed by atoms with Crippen molar-refractivity contribution >= 4 is 11.9 Å². The van der Waals surface area contributed by atoms with Crippen LogP contribution in [0.4, 0.5) is 0 Å². The van der Waals surface area contributed by atoms with Gasteiger partial charge in [-0.25, -0.2) is 0 Å². The van der Waals surface area contributed by atoms with Gasteiger partial charge in [-0.2, -0.15) is 0 Å². The van der Waals surface area contributed by atoms with Crippen molar-refractivity contribution in [1.82, 2.24) is 4.90 Å². The summed E-state index contributed by atoms with van der Waals surface area (Å²) >= 11 is 0. The standard InChI is InChI=1S/C12H24N2O3/c1-6-14(5)7-8-17-11(16)12(3,4)9(2)10(13)15/h9H,6-8H2,1-5H3,(H2,13,15). The van der Waals surface area contributed by atoms with E-state index in [-0.39, 0.29) is 5.97 Å². The summed E-state index contributed by atoms with van der Waals surface area (Å²) in [4.78, 5) is 25.0. The second-order valence-corrected chi connectivity index (χ2v) is 4.88. The van der Waals surface area contributed by atoms with E-state index in [0.29, 0.717) is 13.2 Å². The van der Waals surface area contributed by atoms with E-state index in [0.717, 1.165) is 6.54 Å². The summed E-state index contributed by atoms with van der Waals surface area (Å²) in [5, 5.41) is 0. The van der Waals surface area contributed by atoms with Crippen molar-refractivity contribution in [2.24, 2.45) is 17.1 Å². The Morgan fingerprint density at radius 3 is 2.35 bits per heavy atom. The van der Waals surface area contributed by atoms with Crippen LogP contribution in [0.25, 0.3) is 0 Å². The van der Waals surface area contributed by atoms with Crippen LogP contribution in [-0.4, -0.2) is 43.5 Å². The van der Waals surface area contributed by atoms with E-state index in [1.54, 1.807) is 20.8 Å². The van der Waals surface area contributed by atoms with Gasteiger partial charge in [0.2, 0.25) is 5.91 Å². The first kappa shape index (κ1) is 15.9. The predicted molar refractivity (Wildman–Crippen MR) is 66.3 cm³/mol. The molecule has 1 amide bonds. The van der Waals surface area contributed by atoms with E-state index in [9.17, 15) is 9.59 Å². The quantitative estimate of drug-likeness (QED) is 0.667. The van der Waals surface area contributed by atoms with Crippen LogP contribution < -0.4 is 5.73 Å². The summed E-state index contributed by atoms with van der Waals surface area (Å²) in [6.07, 6.45) is 0. The lowest BCUT2D eigenvalue weighted by Gasteiger charge is -2.27. The van der Waals surface area contributed by atoms with Gasteiger partial charge in [0.15, 0.2) is 0 Å². The molecule has 0 fully saturated rings. The highest BCUT2D eigenvalue weighted by atomic mass is 16.5. The first-order valence-corrected chi connectivity index (χ1v) is 5.88. The molecule has 1 atom stereocenters. The molecule has 1 unspecified atom stereocenters. The molecule has 0 heterocycles. The molecule has 0 saturated heterocycles. The van der Waals surface area contributed by atoms with Crippen molar-refractivity contribution in [2.45, 2.75) is 27.7 Å². The van der Waals surface area contributed by atoms with E-state index in [1.807, 2.05) is 18.9 Å². The number of ether oxygens (including phenoxy) is 1. The van der Waals surface area contributed by atoms with Crippen molar-refractivity contribution < 1.29 is 14.3 Å². The van der Waals surface area contributed by atoms with Gasteiger partial charge in [-0.1, -0.05) is 13.8 Å². The fourth-order valence-electron chi connectivity index (χ4n) is 1.17. The number of esters is 1. The molecule has 0 aromatic rings. The van der Waals surface area contributed by atoms with Crippen LogP contribution in [-0.2, 0) is 14.3 Å². The van der Waals surface area contributed by atoms with Gasteiger partial charge < -0.3 is 15.4 Å². The zero-order valence-electron chi connectivity index (χ0n) is 11.4. The molecule has 0 radical (unpaired) electrons. The fourth-order valence-corrected chi connectivity index (χ4v) is 1.17. The van der Waals surface area contributed by atoms with Gasteiger partial charge in [0.05, 0.1) is 11.3 Å². The maximum atomic E-state index is 11.8. The lowest BCUT2D eigenvalue weighted by atomic mass is 9.79. The molecule has 0 saturated carbocycles. The second-order valence-electron chi connectivity index (χ2n) is 4.88. The third-order valence-electron chi connectivity index (χ3n) is 3.28. The van der Waals surface area contributed by atoms with Gasteiger partial charge in [0.1, 0.15) is 6.61 Å². The molecular formula is C12H24N2O3. The number of primary amides is 1. The Hall–Kier alpha value is -1.10. The van der Waals surface area contributed by atoms with Crippen molar-refractivity contribution in [3.8, 4) is 0 Å². The average molecular weight is 244 g/mol. The van der Waals surface area contributed by atoms with Crippen LogP contribution in [0.15, 0.2) is 0 Å². The van der Waals surface area contributed by atoms with Gasteiger partial charge in [-0.3, -0.25) is 9.59 Å². The van der Waals surface area contributed by atoms with Gasteiger partial charge in [-0.15, -0.1) is 0 Å². The second kappa shape index (κ2) is 6.59. The number of carbonyl (C=O) groups excluding carboxylic acids is 2. The van der Waals surface area contributed by atoms with E-state index >= 15 is 0 Å². The molecule has 0 aromatic carbocycles. The molecule has 17 heavy (non-hydrogen) atoms. The maximum absolute atomic E-state index is 11.8. The molecule has 0 aromatic heterocycles. The largest absolute Gasteiger partial charge is 0.464 e. The van der Waals surface area contributed by atoms with Crippen molar-refractivity contribution in [3.63, 3.8) is 0 Å². The lowest BCUT2D eigenvalue weighted by molar-refractivity contribution is -0.159. The Labute approximate surface area is 103 Å². The third kappa shape index (κ3) is 4.73. The number of carbonyl (C=O) groups is 2. The topological polar surface area (TPSA) is 72.6 Å². The first-order chi connectivity index (χ1) is 7.73. The van der Waals surface area contributed by atoms with E-state index in [4.69, 9.17) is 10.5 Å². The number of rotatable bonds is 7. The minimum absolute atomic E-state index is 0.331. The molecule has 2 N–H and O–H groups in total. The molecule has 0 rings (SSSR count). The highest BCUT2D eigenvalue weighted by molar-refractivity contribution is 5.86. The monoisotopic (exact) mass is 244 g/mol. The number of hydrogen-bond acceptors (Lipinski definition) is 4. The highest BCUT2D eigenvalue weighted by Gasteiger charge is 2.38. The minimum Gasteiger partial charge on any atom is -0.464 e. The van der Waals surface area contributed by atoms with E-state index in [1.165, 1.54) is 0 Å². The SMILES string of the molecule is CCN(C)CCOC(=O)C(C)(C)C(C)C(N)=O. The van der Waals surface area contributed by atoms with Crippen LogP contribution in [0, 0.1) is 11.3 Å². The third-order valence-corrected chi connectivity index (χ3v) is 3.28. The highest BCUT2D eigenvalue weighted by Crippen LogP contribution is 2.27. The van der Waals surface area contributed by atoms with Gasteiger partial charge in [0, 0.05) is 6.54 Å². The Morgan fingerprint density at radius 2 is 1.94 bits per heavy atom. The zero-order valence-corrected chi connectivity index (χ0v) is 11.4. The molecule has 0 bridgehead atoms. The van der Waals surface area contributed by atoms with E-state index in [2.05, 4.69) is 0 Å². The first-order valence-electron chi connectivity index (χ1n) is 5.88. The summed E-state index contributed by atoms with van der Waals surface area (Å²) in [5.74, 6) is -1.41. The van der Waals surface area contributed by atoms with Crippen LogP contribution in [0.2, 0.25) is 0 Å². The number of likely N-dealkylation sites (N-methyl/N-ethyl adjacent to an activating group) is 1. The van der Waals surface area contributed by atoms with Gasteiger partial charge in [-0.05, 0) is 27.4 Å². The van der Waals surface area contributed by atoms with Crippen molar-refractivity contribution in [2.75, 3.05) is 26.7 Å². The smallest absolute Gasteiger partial charge is 0.312 e. The van der Waals surface area contributed by atoms with E-state index < -0.39 is 17.2 Å². The van der Waals surface area contributed by atoms with Gasteiger partial charge >= 0.3 is 5.97 Å². The molecule has 100 valence electrons. The van der Waals surface area contributed by atoms with Gasteiger partial charge in [0.25, 0.3) is 0 Å². The molecule has 0 aliphatic carbocycles. The summed E-state index contributed by atoms with van der Waals surface area (Å²) in [6.45, 7) is 8.94. The normalized spacial score (nSPS) is 13.5. The molecule has 0 aliphatic rings. The van der Waals surface area contributed by atoms with Crippen LogP contribution in [0.3, 0.4) is 0 Å². The summed E-state index contributed by atoms with van der Waals surface area (Å²) in [7, 11) is 1.95. The summed E-state index contributed by atoms with van der Waals surface area (Å²) in [6, 6.07) is 0. The molecule has 0 spiro atoms. The van der Waals surface area contributed by atoms with Crippen LogP contribution in [0.5, 0.6) is 0 Å². The maximum Gasteiger partial charge on any atom is 0.312 e. The Kier molecular flexibility index (Phi) is 6.16. The molecule has 5 nitrogen and oxygen atoms in total. The number of amides is 1. The zero-order chi connectivity index (χ0) is 13.6. The Morgan fingerprint density at radius 1 is 1.41 bits per heavy atom. The van der Waals surface area contributed by atoms with Crippen molar-refractivity contribution in [3.05, 3.63) is 0 Å². The lowest BCUT2D eigenvalue weighted by Crippen LogP contribution is -2.41.